The van der Waals surface area contributed by atoms with Gasteiger partial charge in [0.1, 0.15) is 6.04 Å². The summed E-state index contributed by atoms with van der Waals surface area (Å²) in [7, 11) is -4.03. The van der Waals surface area contributed by atoms with Gasteiger partial charge in [0.2, 0.25) is 15.9 Å². The van der Waals surface area contributed by atoms with E-state index in [2.05, 4.69) is 5.32 Å². The number of hydrogen-bond donors (Lipinski definition) is 1. The van der Waals surface area contributed by atoms with Gasteiger partial charge in [0.15, 0.2) is 0 Å². The molecule has 1 heterocycles. The van der Waals surface area contributed by atoms with E-state index in [0.717, 1.165) is 10.7 Å². The molecule has 1 aliphatic heterocycles. The van der Waals surface area contributed by atoms with Crippen molar-refractivity contribution in [3.05, 3.63) is 64.7 Å². The summed E-state index contributed by atoms with van der Waals surface area (Å²) < 4.78 is 53.5. The summed E-state index contributed by atoms with van der Waals surface area (Å²) in [6.45, 7) is 0.389. The molecule has 0 spiro atoms. The van der Waals surface area contributed by atoms with E-state index in [4.69, 9.17) is 11.6 Å². The molecule has 1 atom stereocenters. The van der Waals surface area contributed by atoms with Gasteiger partial charge >= 0.3 is 0 Å². The fraction of sp³-hybridized carbons (Fsp3) is 0.350. The highest BCUT2D eigenvalue weighted by molar-refractivity contribution is 7.89. The number of nitrogens with zero attached hydrogens (tertiary/aromatic N) is 1. The minimum atomic E-state index is -4.03. The molecule has 1 fully saturated rings. The topological polar surface area (TPSA) is 66.5 Å². The second kappa shape index (κ2) is 9.19. The van der Waals surface area contributed by atoms with Crippen LogP contribution < -0.4 is 5.32 Å². The minimum absolute atomic E-state index is 0.0168. The average molecular weight is 443 g/mol. The van der Waals surface area contributed by atoms with Crippen molar-refractivity contribution in [2.75, 3.05) is 6.54 Å². The van der Waals surface area contributed by atoms with Crippen LogP contribution >= 0.6 is 11.6 Å². The van der Waals surface area contributed by atoms with Crippen LogP contribution in [0.3, 0.4) is 0 Å². The van der Waals surface area contributed by atoms with Crippen molar-refractivity contribution < 1.29 is 22.0 Å². The fourth-order valence-corrected chi connectivity index (χ4v) is 4.98. The molecule has 1 N–H and O–H groups in total. The van der Waals surface area contributed by atoms with Crippen LogP contribution in [0, 0.1) is 0 Å². The Morgan fingerprint density at radius 1 is 1.07 bits per heavy atom. The molecule has 2 aromatic rings. The highest BCUT2D eigenvalue weighted by atomic mass is 35.5. The Kier molecular flexibility index (Phi) is 6.87. The SMILES string of the molecule is O=C1NCCCCC1N(Cc1ccc(C(F)F)cc1)S(=O)(=O)c1ccc(Cl)cc1. The summed E-state index contributed by atoms with van der Waals surface area (Å²) >= 11 is 5.87. The second-order valence-corrected chi connectivity index (χ2v) is 9.18. The average Bonchev–Trinajstić information content (AvgIpc) is 2.91. The molecule has 3 rings (SSSR count). The third-order valence-electron chi connectivity index (χ3n) is 4.84. The number of hydrogen-bond acceptors (Lipinski definition) is 3. The first-order valence-corrected chi connectivity index (χ1v) is 11.0. The van der Waals surface area contributed by atoms with E-state index in [1.807, 2.05) is 0 Å². The monoisotopic (exact) mass is 442 g/mol. The summed E-state index contributed by atoms with van der Waals surface area (Å²) in [5, 5.41) is 3.15. The maximum atomic E-state index is 13.4. The summed E-state index contributed by atoms with van der Waals surface area (Å²) in [4.78, 5) is 12.6. The summed E-state index contributed by atoms with van der Waals surface area (Å²) in [5.41, 5.74) is 0.372. The van der Waals surface area contributed by atoms with Gasteiger partial charge in [-0.15, -0.1) is 0 Å². The standard InChI is InChI=1S/C20H21ClF2N2O3S/c21-16-8-10-17(11-9-16)29(27,28)25(18-3-1-2-12-24-20(18)26)13-14-4-6-15(7-5-14)19(22)23/h4-11,18-19H,1-3,12-13H2,(H,24,26). The van der Waals surface area contributed by atoms with Gasteiger partial charge in [-0.25, -0.2) is 17.2 Å². The van der Waals surface area contributed by atoms with Crippen molar-refractivity contribution in [2.24, 2.45) is 0 Å². The normalized spacial score (nSPS) is 18.0. The largest absolute Gasteiger partial charge is 0.355 e. The van der Waals surface area contributed by atoms with Gasteiger partial charge in [0.05, 0.1) is 4.90 Å². The lowest BCUT2D eigenvalue weighted by atomic mass is 10.1. The van der Waals surface area contributed by atoms with Crippen LogP contribution in [0.2, 0.25) is 5.02 Å². The van der Waals surface area contributed by atoms with E-state index in [0.29, 0.717) is 30.0 Å². The van der Waals surface area contributed by atoms with E-state index in [1.54, 1.807) is 0 Å². The molecular formula is C20H21ClF2N2O3S. The lowest BCUT2D eigenvalue weighted by Crippen LogP contribution is -2.48. The maximum absolute atomic E-state index is 13.4. The van der Waals surface area contributed by atoms with Gasteiger partial charge < -0.3 is 5.32 Å². The van der Waals surface area contributed by atoms with Gasteiger partial charge in [-0.2, -0.15) is 4.31 Å². The van der Waals surface area contributed by atoms with Crippen molar-refractivity contribution >= 4 is 27.5 Å². The third kappa shape index (κ3) is 5.12. The number of benzene rings is 2. The number of sulfonamides is 1. The first-order chi connectivity index (χ1) is 13.8. The quantitative estimate of drug-likeness (QED) is 0.731. The first kappa shape index (κ1) is 21.7. The summed E-state index contributed by atoms with van der Waals surface area (Å²) in [6, 6.07) is 10.3. The molecule has 2 aromatic carbocycles. The molecule has 1 saturated heterocycles. The fourth-order valence-electron chi connectivity index (χ4n) is 3.25. The Labute approximate surface area is 173 Å². The molecule has 5 nitrogen and oxygen atoms in total. The lowest BCUT2D eigenvalue weighted by molar-refractivity contribution is -0.124. The van der Waals surface area contributed by atoms with Crippen LogP contribution in [0.25, 0.3) is 0 Å². The molecule has 1 aliphatic rings. The zero-order valence-corrected chi connectivity index (χ0v) is 17.1. The van der Waals surface area contributed by atoms with Crippen LogP contribution in [-0.2, 0) is 21.4 Å². The molecule has 1 unspecified atom stereocenters. The molecule has 0 bridgehead atoms. The molecule has 9 heteroatoms. The summed E-state index contributed by atoms with van der Waals surface area (Å²) in [6.07, 6.45) is -0.764. The van der Waals surface area contributed by atoms with Crippen LogP contribution in [0.15, 0.2) is 53.4 Å². The van der Waals surface area contributed by atoms with Crippen LogP contribution in [-0.4, -0.2) is 31.2 Å². The van der Waals surface area contributed by atoms with Crippen molar-refractivity contribution in [2.45, 2.75) is 43.2 Å². The Morgan fingerprint density at radius 3 is 2.34 bits per heavy atom. The molecule has 0 saturated carbocycles. The van der Waals surface area contributed by atoms with E-state index in [1.165, 1.54) is 48.5 Å². The van der Waals surface area contributed by atoms with E-state index in [9.17, 15) is 22.0 Å². The van der Waals surface area contributed by atoms with Gasteiger partial charge in [0, 0.05) is 23.7 Å². The number of amides is 1. The molecule has 156 valence electrons. The Balaban J connectivity index is 1.98. The number of alkyl halides is 2. The van der Waals surface area contributed by atoms with Crippen LogP contribution in [0.5, 0.6) is 0 Å². The van der Waals surface area contributed by atoms with E-state index >= 15 is 0 Å². The number of carbonyl (C=O) groups is 1. The smallest absolute Gasteiger partial charge is 0.263 e. The van der Waals surface area contributed by atoms with Gasteiger partial charge in [-0.3, -0.25) is 4.79 Å². The predicted octanol–water partition coefficient (Wildman–Crippen LogP) is 4.14. The van der Waals surface area contributed by atoms with Crippen molar-refractivity contribution in [3.63, 3.8) is 0 Å². The second-order valence-electron chi connectivity index (χ2n) is 6.85. The minimum Gasteiger partial charge on any atom is -0.355 e. The lowest BCUT2D eigenvalue weighted by Gasteiger charge is -2.29. The Bertz CT molecular complexity index is 951. The first-order valence-electron chi connectivity index (χ1n) is 9.21. The number of nitrogens with one attached hydrogen (secondary N) is 1. The molecule has 1 amide bonds. The third-order valence-corrected chi connectivity index (χ3v) is 6.97. The van der Waals surface area contributed by atoms with Gasteiger partial charge in [0.25, 0.3) is 6.43 Å². The van der Waals surface area contributed by atoms with Gasteiger partial charge in [-0.05, 0) is 49.1 Å². The predicted molar refractivity (Wildman–Crippen MR) is 106 cm³/mol. The zero-order valence-electron chi connectivity index (χ0n) is 15.5. The number of halogens is 3. The molecule has 0 aromatic heterocycles. The highest BCUT2D eigenvalue weighted by Crippen LogP contribution is 2.27. The zero-order chi connectivity index (χ0) is 21.0. The van der Waals surface area contributed by atoms with Crippen LogP contribution in [0.4, 0.5) is 8.78 Å². The molecular weight excluding hydrogens is 422 g/mol. The molecule has 29 heavy (non-hydrogen) atoms. The molecule has 0 radical (unpaired) electrons. The van der Waals surface area contributed by atoms with Crippen molar-refractivity contribution in [1.82, 2.24) is 9.62 Å². The van der Waals surface area contributed by atoms with Crippen LogP contribution in [0.1, 0.15) is 36.8 Å². The van der Waals surface area contributed by atoms with E-state index in [-0.39, 0.29) is 22.9 Å². The van der Waals surface area contributed by atoms with Gasteiger partial charge in [-0.1, -0.05) is 35.9 Å². The van der Waals surface area contributed by atoms with E-state index < -0.39 is 22.5 Å². The highest BCUT2D eigenvalue weighted by Gasteiger charge is 2.36. The molecule has 0 aliphatic carbocycles. The number of carbonyl (C=O) groups excluding carboxylic acids is 1. The number of rotatable bonds is 6. The van der Waals surface area contributed by atoms with Crippen molar-refractivity contribution in [3.8, 4) is 0 Å². The summed E-state index contributed by atoms with van der Waals surface area (Å²) in [5.74, 6) is -0.357. The Hall–Kier alpha value is -2.03. The Morgan fingerprint density at radius 2 is 1.72 bits per heavy atom. The van der Waals surface area contributed by atoms with Crippen molar-refractivity contribution in [1.29, 1.82) is 0 Å². The maximum Gasteiger partial charge on any atom is 0.263 e.